The molecular formula is C25H39N7O. The zero-order valence-corrected chi connectivity index (χ0v) is 20.7. The van der Waals surface area contributed by atoms with Gasteiger partial charge in [-0.3, -0.25) is 4.79 Å². The summed E-state index contributed by atoms with van der Waals surface area (Å²) in [5, 5.41) is 11.4. The number of nitrogens with one attached hydrogen (secondary N) is 2. The van der Waals surface area contributed by atoms with Gasteiger partial charge in [0.25, 0.3) is 0 Å². The number of amides is 1. The summed E-state index contributed by atoms with van der Waals surface area (Å²) in [6, 6.07) is 2.12. The molecule has 3 aliphatic rings. The standard InChI is InChI=1S/C25H39N7O/c1-23(2)12-17(13-24(3,4)25(23,5)26)29-21(33)16-14-31(15-16)22-18-6-9-27-10-7-19(18)30-20-8-11-28-32(20)22/h8,11,16-17,27H,6-7,9-10,12-15,26H2,1-5H3,(H,29,33). The van der Waals surface area contributed by atoms with Gasteiger partial charge in [-0.2, -0.15) is 9.61 Å². The third-order valence-electron chi connectivity index (χ3n) is 9.00. The highest BCUT2D eigenvalue weighted by molar-refractivity contribution is 5.82. The normalized spacial score (nSPS) is 29.3. The van der Waals surface area contributed by atoms with Crippen molar-refractivity contribution in [2.45, 2.75) is 71.9 Å². The van der Waals surface area contributed by atoms with Crippen molar-refractivity contribution in [1.82, 2.24) is 25.2 Å². The van der Waals surface area contributed by atoms with Crippen LogP contribution in [0.4, 0.5) is 5.82 Å². The maximum absolute atomic E-state index is 13.2. The molecule has 4 heterocycles. The van der Waals surface area contributed by atoms with E-state index in [-0.39, 0.29) is 34.2 Å². The van der Waals surface area contributed by atoms with Gasteiger partial charge in [-0.05, 0) is 43.6 Å². The van der Waals surface area contributed by atoms with Crippen LogP contribution in [0.2, 0.25) is 0 Å². The molecule has 180 valence electrons. The minimum Gasteiger partial charge on any atom is -0.354 e. The SMILES string of the molecule is CC1(C)CC(NC(=O)C2CN(c3c4c(nc5ccnn35)CCNCC4)C2)CC(C)(C)C1(C)N. The maximum Gasteiger partial charge on any atom is 0.226 e. The van der Waals surface area contributed by atoms with E-state index in [2.05, 4.69) is 55.3 Å². The van der Waals surface area contributed by atoms with Crippen molar-refractivity contribution in [2.75, 3.05) is 31.1 Å². The third-order valence-corrected chi connectivity index (χ3v) is 9.00. The van der Waals surface area contributed by atoms with Crippen molar-refractivity contribution >= 4 is 17.4 Å². The molecule has 2 aromatic rings. The summed E-state index contributed by atoms with van der Waals surface area (Å²) in [5.41, 5.74) is 9.71. The molecule has 1 aliphatic carbocycles. The van der Waals surface area contributed by atoms with Crippen LogP contribution in [0, 0.1) is 16.7 Å². The number of aromatic nitrogens is 3. The Kier molecular flexibility index (Phi) is 5.25. The number of fused-ring (bicyclic) bond motifs is 2. The van der Waals surface area contributed by atoms with E-state index >= 15 is 0 Å². The predicted molar refractivity (Wildman–Crippen MR) is 130 cm³/mol. The number of nitrogens with zero attached hydrogens (tertiary/aromatic N) is 4. The highest BCUT2D eigenvalue weighted by atomic mass is 16.2. The first kappa shape index (κ1) is 22.6. The molecule has 8 nitrogen and oxygen atoms in total. The second-order valence-corrected chi connectivity index (χ2v) is 11.9. The average Bonchev–Trinajstić information content (AvgIpc) is 3.01. The van der Waals surface area contributed by atoms with E-state index in [0.29, 0.717) is 0 Å². The zero-order valence-electron chi connectivity index (χ0n) is 20.7. The number of hydrogen-bond donors (Lipinski definition) is 3. The monoisotopic (exact) mass is 453 g/mol. The molecule has 1 amide bonds. The second kappa shape index (κ2) is 7.67. The van der Waals surface area contributed by atoms with Crippen molar-refractivity contribution < 1.29 is 4.79 Å². The van der Waals surface area contributed by atoms with Crippen LogP contribution in [-0.4, -0.2) is 58.3 Å². The number of carbonyl (C=O) groups is 1. The number of rotatable bonds is 3. The smallest absolute Gasteiger partial charge is 0.226 e. The van der Waals surface area contributed by atoms with Crippen LogP contribution < -0.4 is 21.3 Å². The van der Waals surface area contributed by atoms with Gasteiger partial charge in [0.15, 0.2) is 5.65 Å². The second-order valence-electron chi connectivity index (χ2n) is 11.9. The van der Waals surface area contributed by atoms with Gasteiger partial charge in [0, 0.05) is 49.3 Å². The fourth-order valence-electron chi connectivity index (χ4n) is 6.22. The predicted octanol–water partition coefficient (Wildman–Crippen LogP) is 1.90. The molecule has 4 N–H and O–H groups in total. The third kappa shape index (κ3) is 3.62. The Morgan fingerprint density at radius 3 is 2.48 bits per heavy atom. The van der Waals surface area contributed by atoms with Gasteiger partial charge in [-0.1, -0.05) is 27.7 Å². The molecule has 33 heavy (non-hydrogen) atoms. The molecule has 5 rings (SSSR count). The number of nitrogens with two attached hydrogens (primary N) is 1. The Balaban J connectivity index is 1.30. The Morgan fingerprint density at radius 2 is 1.79 bits per heavy atom. The van der Waals surface area contributed by atoms with E-state index in [1.165, 1.54) is 5.56 Å². The number of hydrogen-bond acceptors (Lipinski definition) is 6. The molecule has 1 saturated heterocycles. The molecule has 8 heteroatoms. The molecule has 1 saturated carbocycles. The summed E-state index contributed by atoms with van der Waals surface area (Å²) in [4.78, 5) is 20.4. The van der Waals surface area contributed by atoms with Crippen LogP contribution in [0.1, 0.15) is 58.7 Å². The van der Waals surface area contributed by atoms with Crippen LogP contribution in [0.3, 0.4) is 0 Å². The largest absolute Gasteiger partial charge is 0.354 e. The summed E-state index contributed by atoms with van der Waals surface area (Å²) < 4.78 is 1.95. The Labute approximate surface area is 196 Å². The molecule has 0 atom stereocenters. The molecule has 0 aromatic carbocycles. The van der Waals surface area contributed by atoms with Crippen molar-refractivity contribution in [3.05, 3.63) is 23.5 Å². The van der Waals surface area contributed by atoms with Crippen molar-refractivity contribution in [3.63, 3.8) is 0 Å². The molecule has 2 aliphatic heterocycles. The molecule has 0 radical (unpaired) electrons. The van der Waals surface area contributed by atoms with Gasteiger partial charge in [-0.25, -0.2) is 4.98 Å². The van der Waals surface area contributed by atoms with Crippen LogP contribution in [0.15, 0.2) is 12.3 Å². The van der Waals surface area contributed by atoms with Gasteiger partial charge < -0.3 is 21.3 Å². The van der Waals surface area contributed by atoms with Gasteiger partial charge in [0.2, 0.25) is 5.91 Å². The maximum atomic E-state index is 13.2. The van der Waals surface area contributed by atoms with E-state index in [9.17, 15) is 4.79 Å². The molecule has 2 fully saturated rings. The molecular weight excluding hydrogens is 414 g/mol. The van der Waals surface area contributed by atoms with E-state index in [0.717, 1.165) is 69.0 Å². The van der Waals surface area contributed by atoms with Crippen LogP contribution >= 0.6 is 0 Å². The van der Waals surface area contributed by atoms with Crippen LogP contribution in [-0.2, 0) is 17.6 Å². The molecule has 0 unspecified atom stereocenters. The van der Waals surface area contributed by atoms with E-state index in [1.807, 2.05) is 16.8 Å². The highest BCUT2D eigenvalue weighted by Crippen LogP contribution is 2.52. The first-order valence-electron chi connectivity index (χ1n) is 12.4. The van der Waals surface area contributed by atoms with Gasteiger partial charge >= 0.3 is 0 Å². The Bertz CT molecular complexity index is 1040. The molecule has 2 aromatic heterocycles. The lowest BCUT2D eigenvalue weighted by Gasteiger charge is -2.58. The topological polar surface area (TPSA) is 101 Å². The first-order valence-corrected chi connectivity index (χ1v) is 12.4. The fourth-order valence-corrected chi connectivity index (χ4v) is 6.22. The minimum atomic E-state index is -0.280. The summed E-state index contributed by atoms with van der Waals surface area (Å²) in [5.74, 6) is 1.29. The van der Waals surface area contributed by atoms with E-state index < -0.39 is 0 Å². The van der Waals surface area contributed by atoms with Crippen molar-refractivity contribution in [1.29, 1.82) is 0 Å². The number of carbonyl (C=O) groups excluding carboxylic acids is 1. The fraction of sp³-hybridized carbons (Fsp3) is 0.720. The highest BCUT2D eigenvalue weighted by Gasteiger charge is 2.54. The van der Waals surface area contributed by atoms with Crippen molar-refractivity contribution in [2.24, 2.45) is 22.5 Å². The first-order chi connectivity index (χ1) is 15.5. The minimum absolute atomic E-state index is 0.000687. The molecule has 0 spiro atoms. The average molecular weight is 454 g/mol. The summed E-state index contributed by atoms with van der Waals surface area (Å²) in [6.07, 6.45) is 5.49. The van der Waals surface area contributed by atoms with Crippen LogP contribution in [0.5, 0.6) is 0 Å². The number of anilines is 1. The Hall–Kier alpha value is -2.19. The van der Waals surface area contributed by atoms with E-state index in [4.69, 9.17) is 10.7 Å². The summed E-state index contributed by atoms with van der Waals surface area (Å²) in [7, 11) is 0. The zero-order chi connectivity index (χ0) is 23.6. The summed E-state index contributed by atoms with van der Waals surface area (Å²) in [6.45, 7) is 14.4. The summed E-state index contributed by atoms with van der Waals surface area (Å²) >= 11 is 0. The van der Waals surface area contributed by atoms with Gasteiger partial charge in [-0.15, -0.1) is 0 Å². The quantitative estimate of drug-likeness (QED) is 0.656. The van der Waals surface area contributed by atoms with Crippen molar-refractivity contribution in [3.8, 4) is 0 Å². The van der Waals surface area contributed by atoms with E-state index in [1.54, 1.807) is 0 Å². The lowest BCUT2D eigenvalue weighted by Crippen LogP contribution is -2.67. The Morgan fingerprint density at radius 1 is 1.12 bits per heavy atom. The van der Waals surface area contributed by atoms with Gasteiger partial charge in [0.1, 0.15) is 5.82 Å². The van der Waals surface area contributed by atoms with Crippen LogP contribution in [0.25, 0.3) is 5.65 Å². The van der Waals surface area contributed by atoms with Gasteiger partial charge in [0.05, 0.1) is 17.8 Å². The lowest BCUT2D eigenvalue weighted by atomic mass is 9.52. The lowest BCUT2D eigenvalue weighted by molar-refractivity contribution is -0.128. The molecule has 0 bridgehead atoms.